The van der Waals surface area contributed by atoms with E-state index >= 15 is 0 Å². The highest BCUT2D eigenvalue weighted by molar-refractivity contribution is 5.25. The minimum absolute atomic E-state index is 0.100. The Morgan fingerprint density at radius 2 is 1.84 bits per heavy atom. The normalized spacial score (nSPS) is 20.2. The first-order valence-corrected chi connectivity index (χ1v) is 7.54. The van der Waals surface area contributed by atoms with E-state index < -0.39 is 11.6 Å². The van der Waals surface area contributed by atoms with Crippen LogP contribution >= 0.6 is 0 Å². The molecule has 0 spiro atoms. The number of rotatable bonds is 4. The predicted octanol–water partition coefficient (Wildman–Crippen LogP) is 5.82. The maximum Gasteiger partial charge on any atom is 0.162 e. The molecule has 0 amide bonds. The fraction of sp³-hybridized carbons (Fsp3) is 0.647. The van der Waals surface area contributed by atoms with E-state index in [4.69, 9.17) is 0 Å². The molecule has 19 heavy (non-hydrogen) atoms. The Labute approximate surface area is 115 Å². The molecular weight excluding hydrogens is 242 g/mol. The second kappa shape index (κ2) is 6.02. The van der Waals surface area contributed by atoms with Gasteiger partial charge >= 0.3 is 0 Å². The topological polar surface area (TPSA) is 0 Å². The molecule has 1 fully saturated rings. The van der Waals surface area contributed by atoms with Crippen LogP contribution in [0.25, 0.3) is 0 Å². The Morgan fingerprint density at radius 3 is 2.47 bits per heavy atom. The molecule has 106 valence electrons. The Bertz CT molecular complexity index is 414. The van der Waals surface area contributed by atoms with Crippen molar-refractivity contribution in [2.24, 2.45) is 5.41 Å². The van der Waals surface area contributed by atoms with Crippen LogP contribution in [0.5, 0.6) is 0 Å². The molecule has 1 atom stereocenters. The molecule has 0 N–H and O–H groups in total. The number of benzene rings is 1. The zero-order chi connectivity index (χ0) is 13.9. The van der Waals surface area contributed by atoms with Crippen LogP contribution in [0.2, 0.25) is 0 Å². The first-order valence-electron chi connectivity index (χ1n) is 7.54. The molecule has 0 heterocycles. The van der Waals surface area contributed by atoms with Crippen LogP contribution in [0.4, 0.5) is 8.78 Å². The minimum Gasteiger partial charge on any atom is -0.204 e. The molecule has 0 aliphatic heterocycles. The van der Waals surface area contributed by atoms with Crippen molar-refractivity contribution >= 4 is 0 Å². The van der Waals surface area contributed by atoms with Gasteiger partial charge in [0.05, 0.1) is 0 Å². The smallest absolute Gasteiger partial charge is 0.162 e. The molecule has 1 aromatic rings. The third-order valence-corrected chi connectivity index (χ3v) is 4.96. The Hall–Kier alpha value is -0.920. The Morgan fingerprint density at radius 1 is 1.16 bits per heavy atom. The molecule has 0 bridgehead atoms. The fourth-order valence-corrected chi connectivity index (χ4v) is 3.84. The molecule has 0 aromatic heterocycles. The van der Waals surface area contributed by atoms with Crippen molar-refractivity contribution in [1.29, 1.82) is 0 Å². The van der Waals surface area contributed by atoms with Gasteiger partial charge in [0.2, 0.25) is 0 Å². The Balaban J connectivity index is 2.33. The van der Waals surface area contributed by atoms with E-state index in [1.165, 1.54) is 25.3 Å². The zero-order valence-corrected chi connectivity index (χ0v) is 12.0. The summed E-state index contributed by atoms with van der Waals surface area (Å²) in [4.78, 5) is 0. The zero-order valence-electron chi connectivity index (χ0n) is 12.0. The van der Waals surface area contributed by atoms with Crippen molar-refractivity contribution < 1.29 is 8.78 Å². The number of halogens is 2. The van der Waals surface area contributed by atoms with Gasteiger partial charge in [-0.05, 0) is 42.2 Å². The molecule has 0 radical (unpaired) electrons. The fourth-order valence-electron chi connectivity index (χ4n) is 3.84. The maximum absolute atomic E-state index is 14.0. The van der Waals surface area contributed by atoms with Crippen molar-refractivity contribution in [3.8, 4) is 0 Å². The molecule has 1 aliphatic rings. The highest BCUT2D eigenvalue weighted by atomic mass is 19.2. The van der Waals surface area contributed by atoms with Crippen LogP contribution < -0.4 is 0 Å². The third-order valence-electron chi connectivity index (χ3n) is 4.96. The van der Waals surface area contributed by atoms with Crippen molar-refractivity contribution in [2.45, 2.75) is 64.7 Å². The summed E-state index contributed by atoms with van der Waals surface area (Å²) in [6, 6.07) is 4.60. The minimum atomic E-state index is -0.716. The van der Waals surface area contributed by atoms with Gasteiger partial charge in [-0.3, -0.25) is 0 Å². The molecule has 1 aromatic carbocycles. The molecule has 2 rings (SSSR count). The highest BCUT2D eigenvalue weighted by Crippen LogP contribution is 2.50. The van der Waals surface area contributed by atoms with Crippen LogP contribution in [-0.2, 0) is 0 Å². The van der Waals surface area contributed by atoms with Gasteiger partial charge in [-0.1, -0.05) is 51.7 Å². The van der Waals surface area contributed by atoms with E-state index in [0.29, 0.717) is 5.56 Å². The largest absolute Gasteiger partial charge is 0.204 e. The van der Waals surface area contributed by atoms with Gasteiger partial charge in [0.1, 0.15) is 0 Å². The average molecular weight is 266 g/mol. The number of hydrogen-bond donors (Lipinski definition) is 0. The summed E-state index contributed by atoms with van der Waals surface area (Å²) in [6.07, 6.45) is 8.26. The van der Waals surface area contributed by atoms with Crippen molar-refractivity contribution in [2.75, 3.05) is 0 Å². The molecule has 1 saturated carbocycles. The van der Waals surface area contributed by atoms with E-state index in [0.717, 1.165) is 25.7 Å². The average Bonchev–Trinajstić information content (AvgIpc) is 2.42. The van der Waals surface area contributed by atoms with Gasteiger partial charge in [0.25, 0.3) is 0 Å². The summed E-state index contributed by atoms with van der Waals surface area (Å²) >= 11 is 0. The lowest BCUT2D eigenvalue weighted by Crippen LogP contribution is -2.30. The first kappa shape index (κ1) is 14.5. The summed E-state index contributed by atoms with van der Waals surface area (Å²) in [6.45, 7) is 4.27. The van der Waals surface area contributed by atoms with Crippen LogP contribution in [-0.4, -0.2) is 0 Å². The van der Waals surface area contributed by atoms with Crippen LogP contribution in [0.15, 0.2) is 18.2 Å². The molecule has 1 unspecified atom stereocenters. The van der Waals surface area contributed by atoms with Gasteiger partial charge in [-0.15, -0.1) is 0 Å². The first-order chi connectivity index (χ1) is 9.10. The molecular formula is C17H24F2. The molecule has 2 heteroatoms. The summed E-state index contributed by atoms with van der Waals surface area (Å²) in [5, 5.41) is 0. The van der Waals surface area contributed by atoms with E-state index in [1.807, 2.05) is 0 Å². The van der Waals surface area contributed by atoms with Gasteiger partial charge in [-0.25, -0.2) is 8.78 Å². The summed E-state index contributed by atoms with van der Waals surface area (Å²) in [5.74, 6) is -1.26. The Kier molecular flexibility index (Phi) is 4.59. The van der Waals surface area contributed by atoms with Crippen molar-refractivity contribution in [1.82, 2.24) is 0 Å². The van der Waals surface area contributed by atoms with Crippen molar-refractivity contribution in [3.05, 3.63) is 35.4 Å². The summed E-state index contributed by atoms with van der Waals surface area (Å²) < 4.78 is 27.5. The van der Waals surface area contributed by atoms with Crippen LogP contribution in [0.1, 0.15) is 70.3 Å². The summed E-state index contributed by atoms with van der Waals surface area (Å²) in [5.41, 5.74) is 0.733. The predicted molar refractivity (Wildman–Crippen MR) is 75.2 cm³/mol. The van der Waals surface area contributed by atoms with Gasteiger partial charge < -0.3 is 0 Å². The lowest BCUT2D eigenvalue weighted by atomic mass is 9.62. The lowest BCUT2D eigenvalue weighted by Gasteiger charge is -2.43. The van der Waals surface area contributed by atoms with Gasteiger partial charge in [0.15, 0.2) is 11.6 Å². The molecule has 1 aliphatic carbocycles. The van der Waals surface area contributed by atoms with E-state index in [1.54, 1.807) is 12.1 Å². The monoisotopic (exact) mass is 266 g/mol. The highest BCUT2D eigenvalue weighted by Gasteiger charge is 2.38. The van der Waals surface area contributed by atoms with Crippen LogP contribution in [0, 0.1) is 17.0 Å². The standard InChI is InChI=1S/C17H24F2/c1-3-10-17(11-5-4-6-12-17)13(2)14-8-7-9-15(18)16(14)19/h7-9,13H,3-6,10-12H2,1-2H3. The van der Waals surface area contributed by atoms with Gasteiger partial charge in [-0.2, -0.15) is 0 Å². The van der Waals surface area contributed by atoms with E-state index in [-0.39, 0.29) is 11.3 Å². The second-order valence-corrected chi connectivity index (χ2v) is 6.04. The van der Waals surface area contributed by atoms with E-state index in [9.17, 15) is 8.78 Å². The molecule has 0 saturated heterocycles. The number of hydrogen-bond acceptors (Lipinski definition) is 0. The quantitative estimate of drug-likeness (QED) is 0.644. The van der Waals surface area contributed by atoms with Crippen molar-refractivity contribution in [3.63, 3.8) is 0 Å². The molecule has 0 nitrogen and oxygen atoms in total. The van der Waals surface area contributed by atoms with Crippen LogP contribution in [0.3, 0.4) is 0 Å². The van der Waals surface area contributed by atoms with Gasteiger partial charge in [0, 0.05) is 0 Å². The lowest BCUT2D eigenvalue weighted by molar-refractivity contribution is 0.133. The second-order valence-electron chi connectivity index (χ2n) is 6.04. The SMILES string of the molecule is CCCC1(C(C)c2cccc(F)c2F)CCCCC1. The third kappa shape index (κ3) is 2.82. The maximum atomic E-state index is 14.0. The van der Waals surface area contributed by atoms with E-state index in [2.05, 4.69) is 13.8 Å². The summed E-state index contributed by atoms with van der Waals surface area (Å²) in [7, 11) is 0.